The third kappa shape index (κ3) is 3.06. The molecule has 2 aromatic heterocycles. The summed E-state index contributed by atoms with van der Waals surface area (Å²) in [6.45, 7) is 2.04. The van der Waals surface area contributed by atoms with Gasteiger partial charge in [-0.25, -0.2) is 17.5 Å². The largest absolute Gasteiger partial charge is 0.481 e. The third-order valence-corrected chi connectivity index (χ3v) is 8.96. The summed E-state index contributed by atoms with van der Waals surface area (Å²) in [7, 11) is -2.37. The van der Waals surface area contributed by atoms with Crippen molar-refractivity contribution in [2.75, 3.05) is 13.1 Å². The van der Waals surface area contributed by atoms with Gasteiger partial charge in [0.2, 0.25) is 5.03 Å². The molecule has 2 fully saturated rings. The van der Waals surface area contributed by atoms with Crippen LogP contribution in [0.25, 0.3) is 16.6 Å². The molecule has 2 aromatic carbocycles. The fraction of sp³-hybridized carbons (Fsp3) is 0.304. The van der Waals surface area contributed by atoms with E-state index in [2.05, 4.69) is 15.3 Å². The Balaban J connectivity index is 1.42. The second-order valence-corrected chi connectivity index (χ2v) is 11.1. The van der Waals surface area contributed by atoms with Gasteiger partial charge in [-0.3, -0.25) is 4.79 Å². The van der Waals surface area contributed by atoms with E-state index in [9.17, 15) is 22.7 Å². The van der Waals surface area contributed by atoms with Crippen molar-refractivity contribution >= 4 is 26.9 Å². The van der Waals surface area contributed by atoms with Gasteiger partial charge < -0.3 is 5.11 Å². The van der Waals surface area contributed by atoms with Crippen molar-refractivity contribution in [2.24, 2.45) is 18.9 Å². The summed E-state index contributed by atoms with van der Waals surface area (Å²) < 4.78 is 42.7. The van der Waals surface area contributed by atoms with E-state index in [1.54, 1.807) is 23.0 Å². The quantitative estimate of drug-likeness (QED) is 0.447. The van der Waals surface area contributed by atoms with Gasteiger partial charge in [0.25, 0.3) is 10.0 Å². The summed E-state index contributed by atoms with van der Waals surface area (Å²) >= 11 is 0. The normalized spacial score (nSPS) is 24.1. The molecule has 1 saturated heterocycles. The van der Waals surface area contributed by atoms with Gasteiger partial charge in [0.1, 0.15) is 5.82 Å². The lowest BCUT2D eigenvalue weighted by Gasteiger charge is -2.23. The molecule has 10 nitrogen and oxygen atoms in total. The van der Waals surface area contributed by atoms with Crippen LogP contribution in [0.1, 0.15) is 11.1 Å². The molecule has 1 saturated carbocycles. The Hall–Kier alpha value is -3.64. The minimum atomic E-state index is -3.91. The Kier molecular flexibility index (Phi) is 4.49. The third-order valence-electron chi connectivity index (χ3n) is 7.28. The number of piperidine rings is 1. The molecule has 0 amide bonds. The summed E-state index contributed by atoms with van der Waals surface area (Å²) in [4.78, 5) is 13.3. The number of fused-ring (bicyclic) bond motifs is 2. The minimum absolute atomic E-state index is 0.0476. The van der Waals surface area contributed by atoms with Crippen molar-refractivity contribution in [1.29, 1.82) is 0 Å². The lowest BCUT2D eigenvalue weighted by Crippen LogP contribution is -2.36. The average Bonchev–Trinajstić information content (AvgIpc) is 3.23. The highest BCUT2D eigenvalue weighted by Crippen LogP contribution is 2.65. The molecule has 3 heterocycles. The number of hydrogen-bond donors (Lipinski definition) is 1. The van der Waals surface area contributed by atoms with Crippen LogP contribution in [0, 0.1) is 24.6 Å². The minimum Gasteiger partial charge on any atom is -0.481 e. The number of aromatic nitrogens is 5. The highest BCUT2D eigenvalue weighted by atomic mass is 32.2. The fourth-order valence-electron chi connectivity index (χ4n) is 5.65. The van der Waals surface area contributed by atoms with Crippen LogP contribution in [-0.2, 0) is 27.3 Å². The lowest BCUT2D eigenvalue weighted by molar-refractivity contribution is -0.139. The summed E-state index contributed by atoms with van der Waals surface area (Å²) in [6, 6.07) is 9.82. The molecule has 6 rings (SSSR count). The number of sulfonamides is 1. The molecular weight excluding hydrogens is 475 g/mol. The predicted octanol–water partition coefficient (Wildman–Crippen LogP) is 1.87. The number of carboxylic acid groups (broad SMARTS) is 1. The zero-order valence-electron chi connectivity index (χ0n) is 18.8. The number of carbonyl (C=O) groups is 1. The molecule has 1 aliphatic carbocycles. The van der Waals surface area contributed by atoms with Gasteiger partial charge in [0, 0.05) is 30.9 Å². The molecular formula is C23H21FN6O4S. The number of carboxylic acids is 1. The number of rotatable bonds is 5. The second kappa shape index (κ2) is 7.18. The fourth-order valence-corrected chi connectivity index (χ4v) is 7.06. The SMILES string of the molecule is Cc1cc2c(cnn2-c2ccc(F)cc2)cc1C12CN(S(=O)(=O)c3cnn(C)n3)CC1C2C(=O)O. The van der Waals surface area contributed by atoms with Crippen LogP contribution in [0.4, 0.5) is 4.39 Å². The smallest absolute Gasteiger partial charge is 0.307 e. The Morgan fingerprint density at radius 1 is 1.17 bits per heavy atom. The van der Waals surface area contributed by atoms with Gasteiger partial charge in [-0.2, -0.15) is 19.3 Å². The van der Waals surface area contributed by atoms with Crippen LogP contribution in [0.5, 0.6) is 0 Å². The molecule has 1 aliphatic heterocycles. The van der Waals surface area contributed by atoms with Gasteiger partial charge >= 0.3 is 5.97 Å². The topological polar surface area (TPSA) is 123 Å². The molecule has 0 radical (unpaired) electrons. The molecule has 3 atom stereocenters. The van der Waals surface area contributed by atoms with Crippen molar-refractivity contribution in [1.82, 2.24) is 29.1 Å². The highest BCUT2D eigenvalue weighted by molar-refractivity contribution is 7.89. The van der Waals surface area contributed by atoms with E-state index in [0.29, 0.717) is 5.69 Å². The second-order valence-electron chi connectivity index (χ2n) is 9.19. The van der Waals surface area contributed by atoms with Gasteiger partial charge in [-0.05, 0) is 60.4 Å². The first-order chi connectivity index (χ1) is 16.6. The number of aryl methyl sites for hydroxylation is 2. The molecule has 0 spiro atoms. The van der Waals surface area contributed by atoms with Crippen molar-refractivity contribution in [3.05, 3.63) is 65.7 Å². The maximum atomic E-state index is 13.4. The predicted molar refractivity (Wildman–Crippen MR) is 122 cm³/mol. The van der Waals surface area contributed by atoms with E-state index in [1.165, 1.54) is 34.5 Å². The number of aliphatic carboxylic acids is 1. The number of benzene rings is 2. The van der Waals surface area contributed by atoms with Crippen LogP contribution in [0.2, 0.25) is 0 Å². The Bertz CT molecular complexity index is 1610. The van der Waals surface area contributed by atoms with Crippen LogP contribution in [0.3, 0.4) is 0 Å². The average molecular weight is 497 g/mol. The molecule has 12 heteroatoms. The molecule has 35 heavy (non-hydrogen) atoms. The van der Waals surface area contributed by atoms with Crippen molar-refractivity contribution in [3.8, 4) is 5.69 Å². The Labute approximate surface area is 199 Å². The van der Waals surface area contributed by atoms with E-state index in [1.807, 2.05) is 19.1 Å². The summed E-state index contributed by atoms with van der Waals surface area (Å²) in [6.07, 6.45) is 2.87. The Morgan fingerprint density at radius 3 is 2.57 bits per heavy atom. The molecule has 180 valence electrons. The van der Waals surface area contributed by atoms with E-state index in [0.717, 1.165) is 22.0 Å². The van der Waals surface area contributed by atoms with Gasteiger partial charge in [0.15, 0.2) is 0 Å². The number of hydrogen-bond acceptors (Lipinski definition) is 6. The van der Waals surface area contributed by atoms with Crippen LogP contribution in [0.15, 0.2) is 53.8 Å². The van der Waals surface area contributed by atoms with E-state index >= 15 is 0 Å². The first kappa shape index (κ1) is 21.9. The zero-order chi connectivity index (χ0) is 24.7. The standard InChI is InChI=1S/C23H21FN6O4S/c1-13-7-19-14(9-26-30(19)16-5-3-15(24)4-6-16)8-17(13)23-12-29(11-18(23)21(23)22(31)32)35(33,34)20-10-25-28(2)27-20/h3-10,18,21H,11-12H2,1-2H3,(H,31,32). The van der Waals surface area contributed by atoms with Gasteiger partial charge in [0.05, 0.1) is 29.5 Å². The molecule has 1 N–H and O–H groups in total. The summed E-state index contributed by atoms with van der Waals surface area (Å²) in [5, 5.41) is 22.8. The first-order valence-corrected chi connectivity index (χ1v) is 12.4. The highest BCUT2D eigenvalue weighted by Gasteiger charge is 2.74. The summed E-state index contributed by atoms with van der Waals surface area (Å²) in [5.74, 6) is -2.31. The number of halogens is 1. The Morgan fingerprint density at radius 2 is 1.91 bits per heavy atom. The summed E-state index contributed by atoms with van der Waals surface area (Å²) in [5.41, 5.74) is 2.30. The maximum Gasteiger partial charge on any atom is 0.307 e. The lowest BCUT2D eigenvalue weighted by atomic mass is 9.88. The molecule has 4 aromatic rings. The molecule has 2 aliphatic rings. The van der Waals surface area contributed by atoms with Gasteiger partial charge in [-0.1, -0.05) is 0 Å². The van der Waals surface area contributed by atoms with Gasteiger partial charge in [-0.15, -0.1) is 5.10 Å². The first-order valence-electron chi connectivity index (χ1n) is 11.0. The van der Waals surface area contributed by atoms with Crippen LogP contribution < -0.4 is 0 Å². The van der Waals surface area contributed by atoms with E-state index in [4.69, 9.17) is 0 Å². The van der Waals surface area contributed by atoms with Crippen LogP contribution >= 0.6 is 0 Å². The van der Waals surface area contributed by atoms with Crippen molar-refractivity contribution in [3.63, 3.8) is 0 Å². The van der Waals surface area contributed by atoms with E-state index < -0.39 is 27.3 Å². The number of nitrogens with zero attached hydrogens (tertiary/aromatic N) is 6. The zero-order valence-corrected chi connectivity index (χ0v) is 19.6. The van der Waals surface area contributed by atoms with E-state index in [-0.39, 0.29) is 29.9 Å². The van der Waals surface area contributed by atoms with Crippen molar-refractivity contribution < 1.29 is 22.7 Å². The monoisotopic (exact) mass is 496 g/mol. The van der Waals surface area contributed by atoms with Crippen molar-refractivity contribution in [2.45, 2.75) is 17.4 Å². The molecule has 3 unspecified atom stereocenters. The van der Waals surface area contributed by atoms with Crippen LogP contribution in [-0.4, -0.2) is 61.7 Å². The maximum absolute atomic E-state index is 13.4. The molecule has 0 bridgehead atoms.